The molecule has 4 rings (SSSR count). The molecule has 2 aromatic carbocycles. The summed E-state index contributed by atoms with van der Waals surface area (Å²) in [7, 11) is 3.51. The van der Waals surface area contributed by atoms with E-state index in [1.165, 1.54) is 39.7 Å². The molecule has 0 unspecified atom stereocenters. The Hall–Kier alpha value is -2.44. The molecule has 144 valence electrons. The van der Waals surface area contributed by atoms with Gasteiger partial charge in [-0.1, -0.05) is 20.7 Å². The van der Waals surface area contributed by atoms with Crippen molar-refractivity contribution in [2.45, 2.75) is 40.2 Å². The van der Waals surface area contributed by atoms with Gasteiger partial charge in [0.1, 0.15) is 4.67 Å². The number of hydrogen-bond acceptors (Lipinski definition) is 5. The fourth-order valence-corrected chi connectivity index (χ4v) is 6.39. The Balaban J connectivity index is 1.85. The van der Waals surface area contributed by atoms with E-state index in [9.17, 15) is 4.79 Å². The minimum atomic E-state index is -0.131. The third kappa shape index (κ3) is 3.38. The normalized spacial score (nSPS) is 14.8. The highest BCUT2D eigenvalue weighted by Gasteiger charge is 2.33. The molecule has 1 amide bonds. The monoisotopic (exact) mass is 409 g/mol. The highest BCUT2D eigenvalue weighted by Crippen LogP contribution is 2.46. The predicted molar refractivity (Wildman–Crippen MR) is 120 cm³/mol. The van der Waals surface area contributed by atoms with Gasteiger partial charge < -0.3 is 10.6 Å². The van der Waals surface area contributed by atoms with Crippen molar-refractivity contribution < 1.29 is 4.79 Å². The Bertz CT molecular complexity index is 1140. The molecule has 0 fully saturated rings. The van der Waals surface area contributed by atoms with Crippen molar-refractivity contribution in [1.29, 1.82) is 0 Å². The van der Waals surface area contributed by atoms with Crippen molar-refractivity contribution in [1.82, 2.24) is 0 Å². The molecule has 0 atom stereocenters. The van der Waals surface area contributed by atoms with E-state index < -0.39 is 0 Å². The second kappa shape index (κ2) is 6.87. The van der Waals surface area contributed by atoms with Gasteiger partial charge in [0.25, 0.3) is 0 Å². The largest absolute Gasteiger partial charge is 0.375 e. The van der Waals surface area contributed by atoms with E-state index in [-0.39, 0.29) is 11.4 Å². The lowest BCUT2D eigenvalue weighted by Gasteiger charge is -2.33. The number of nitrogens with one attached hydrogen (secondary N) is 2. The summed E-state index contributed by atoms with van der Waals surface area (Å²) in [6.07, 6.45) is 0. The van der Waals surface area contributed by atoms with Gasteiger partial charge in [0, 0.05) is 29.4 Å². The summed E-state index contributed by atoms with van der Waals surface area (Å²) in [5.41, 5.74) is 7.74. The van der Waals surface area contributed by atoms with Gasteiger partial charge in [-0.25, -0.2) is 4.99 Å². The fraction of sp³-hybridized carbons (Fsp3) is 0.273. The zero-order valence-corrected chi connectivity index (χ0v) is 18.3. The van der Waals surface area contributed by atoms with Gasteiger partial charge in [-0.05, 0) is 75.2 Å². The maximum atomic E-state index is 11.2. The van der Waals surface area contributed by atoms with Crippen LogP contribution in [-0.2, 0) is 10.3 Å². The number of nitrogens with zero attached hydrogens (tertiary/aromatic N) is 1. The van der Waals surface area contributed by atoms with Crippen LogP contribution in [0.25, 0.3) is 11.1 Å². The molecule has 1 aliphatic rings. The highest BCUT2D eigenvalue weighted by molar-refractivity contribution is 7.68. The first kappa shape index (κ1) is 18.9. The second-order valence-corrected chi connectivity index (χ2v) is 9.88. The standard InChI is InChI=1S/C22H23N3OS2/c1-12-10-17-18(11-13(12)2)25-22(4,5)20-19(17)21(28-27-20)24-16-8-6-15(7-9-16)23-14(3)26/h6-11,25H,1-5H3,(H,23,26). The molecule has 0 aliphatic carbocycles. The van der Waals surface area contributed by atoms with Gasteiger partial charge in [-0.15, -0.1) is 0 Å². The van der Waals surface area contributed by atoms with Crippen LogP contribution in [0.3, 0.4) is 0 Å². The molecule has 0 saturated carbocycles. The zero-order chi connectivity index (χ0) is 20.1. The third-order valence-electron chi connectivity index (χ3n) is 4.98. The van der Waals surface area contributed by atoms with Crippen molar-refractivity contribution in [3.63, 3.8) is 0 Å². The smallest absolute Gasteiger partial charge is 0.221 e. The molecule has 1 aromatic heterocycles. The molecule has 0 bridgehead atoms. The molecular weight excluding hydrogens is 386 g/mol. The van der Waals surface area contributed by atoms with Crippen LogP contribution in [0.4, 0.5) is 17.1 Å². The molecule has 1 aliphatic heterocycles. The van der Waals surface area contributed by atoms with Crippen LogP contribution in [0.1, 0.15) is 36.8 Å². The summed E-state index contributed by atoms with van der Waals surface area (Å²) >= 11 is 0. The fourth-order valence-electron chi connectivity index (χ4n) is 3.45. The van der Waals surface area contributed by atoms with Gasteiger partial charge in [-0.2, -0.15) is 0 Å². The first-order valence-corrected chi connectivity index (χ1v) is 11.4. The summed E-state index contributed by atoms with van der Waals surface area (Å²) in [6.45, 7) is 10.3. The van der Waals surface area contributed by atoms with Crippen LogP contribution in [0.5, 0.6) is 0 Å². The topological polar surface area (TPSA) is 53.5 Å². The number of anilines is 2. The number of carbonyl (C=O) groups is 1. The van der Waals surface area contributed by atoms with Crippen LogP contribution in [-0.4, -0.2) is 5.91 Å². The number of benzene rings is 2. The van der Waals surface area contributed by atoms with Crippen molar-refractivity contribution in [3.8, 4) is 11.1 Å². The van der Waals surface area contributed by atoms with E-state index in [1.54, 1.807) is 20.7 Å². The molecule has 3 aromatic rings. The van der Waals surface area contributed by atoms with Gasteiger partial charge in [0.2, 0.25) is 5.91 Å². The summed E-state index contributed by atoms with van der Waals surface area (Å²) in [4.78, 5) is 17.5. The van der Waals surface area contributed by atoms with Crippen molar-refractivity contribution in [3.05, 3.63) is 57.1 Å². The first-order valence-electron chi connectivity index (χ1n) is 9.20. The van der Waals surface area contributed by atoms with E-state index >= 15 is 0 Å². The molecule has 6 heteroatoms. The maximum Gasteiger partial charge on any atom is 0.221 e. The summed E-state index contributed by atoms with van der Waals surface area (Å²) < 4.78 is 1.03. The quantitative estimate of drug-likeness (QED) is 0.514. The number of fused-ring (bicyclic) bond motifs is 3. The van der Waals surface area contributed by atoms with Crippen LogP contribution in [0.2, 0.25) is 0 Å². The van der Waals surface area contributed by atoms with Crippen LogP contribution >= 0.6 is 20.7 Å². The molecule has 2 N–H and O–H groups in total. The minimum Gasteiger partial charge on any atom is -0.375 e. The van der Waals surface area contributed by atoms with Crippen molar-refractivity contribution >= 4 is 43.7 Å². The van der Waals surface area contributed by atoms with E-state index in [0.29, 0.717) is 0 Å². The third-order valence-corrected chi connectivity index (χ3v) is 7.62. The number of amides is 1. The molecular formula is C22H23N3OS2. The van der Waals surface area contributed by atoms with Crippen LogP contribution in [0, 0.1) is 13.8 Å². The Morgan fingerprint density at radius 1 is 1.07 bits per heavy atom. The highest BCUT2D eigenvalue weighted by atomic mass is 32.9. The Kier molecular flexibility index (Phi) is 4.63. The number of hydrogen-bond donors (Lipinski definition) is 2. The average molecular weight is 410 g/mol. The zero-order valence-electron chi connectivity index (χ0n) is 16.6. The maximum absolute atomic E-state index is 11.2. The SMILES string of the molecule is CC(=O)Nc1ccc(N=c2ssc3c2-c2cc(C)c(C)cc2NC3(C)C)cc1. The number of carbonyl (C=O) groups excluding carboxylic acids is 1. The van der Waals surface area contributed by atoms with Gasteiger partial charge in [0.15, 0.2) is 0 Å². The van der Waals surface area contributed by atoms with Gasteiger partial charge in [0.05, 0.1) is 16.1 Å². The summed E-state index contributed by atoms with van der Waals surface area (Å²) in [5, 5.41) is 6.49. The number of aryl methyl sites for hydroxylation is 2. The first-order chi connectivity index (χ1) is 13.2. The number of rotatable bonds is 2. The second-order valence-electron chi connectivity index (χ2n) is 7.75. The summed E-state index contributed by atoms with van der Waals surface area (Å²) in [6, 6.07) is 12.2. The lowest BCUT2D eigenvalue weighted by Crippen LogP contribution is -2.31. The lowest BCUT2D eigenvalue weighted by molar-refractivity contribution is -0.114. The summed E-state index contributed by atoms with van der Waals surface area (Å²) in [5.74, 6) is -0.0733. The predicted octanol–water partition coefficient (Wildman–Crippen LogP) is 5.94. The van der Waals surface area contributed by atoms with Crippen LogP contribution < -0.4 is 15.3 Å². The van der Waals surface area contributed by atoms with Crippen molar-refractivity contribution in [2.24, 2.45) is 4.99 Å². The molecule has 0 saturated heterocycles. The van der Waals surface area contributed by atoms with Gasteiger partial charge >= 0.3 is 0 Å². The molecule has 0 spiro atoms. The van der Waals surface area contributed by atoms with Crippen LogP contribution in [0.15, 0.2) is 41.4 Å². The van der Waals surface area contributed by atoms with E-state index in [0.717, 1.165) is 16.0 Å². The lowest BCUT2D eigenvalue weighted by atomic mass is 9.88. The Morgan fingerprint density at radius 2 is 1.75 bits per heavy atom. The molecule has 4 nitrogen and oxygen atoms in total. The molecule has 28 heavy (non-hydrogen) atoms. The Morgan fingerprint density at radius 3 is 2.43 bits per heavy atom. The van der Waals surface area contributed by atoms with E-state index in [1.807, 2.05) is 24.3 Å². The Labute approximate surface area is 172 Å². The van der Waals surface area contributed by atoms with Gasteiger partial charge in [-0.3, -0.25) is 4.79 Å². The van der Waals surface area contributed by atoms with E-state index in [4.69, 9.17) is 4.99 Å². The molecule has 2 heterocycles. The van der Waals surface area contributed by atoms with Crippen molar-refractivity contribution in [2.75, 3.05) is 10.6 Å². The average Bonchev–Trinajstić information content (AvgIpc) is 3.03. The molecule has 0 radical (unpaired) electrons. The minimum absolute atomic E-state index is 0.0733. The van der Waals surface area contributed by atoms with E-state index in [2.05, 4.69) is 50.5 Å².